The Bertz CT molecular complexity index is 480. The van der Waals surface area contributed by atoms with E-state index in [1.807, 2.05) is 6.07 Å². The molecule has 1 aromatic heterocycles. The molecule has 0 aromatic carbocycles. The molecule has 2 N–H and O–H groups in total. The molecule has 1 atom stereocenters. The van der Waals surface area contributed by atoms with E-state index in [4.69, 9.17) is 5.11 Å². The monoisotopic (exact) mass is 248 g/mol. The van der Waals surface area contributed by atoms with Crippen LogP contribution in [0.4, 0.5) is 0 Å². The van der Waals surface area contributed by atoms with E-state index in [0.717, 1.165) is 5.69 Å². The second-order valence-corrected chi connectivity index (χ2v) is 4.00. The highest BCUT2D eigenvalue weighted by Crippen LogP contribution is 2.10. The average Bonchev–Trinajstić information content (AvgIpc) is 2.37. The van der Waals surface area contributed by atoms with Crippen LogP contribution in [0, 0.1) is 0 Å². The number of nitrogens with zero attached hydrogens (tertiary/aromatic N) is 1. The van der Waals surface area contributed by atoms with Crippen LogP contribution in [-0.2, 0) is 9.59 Å². The summed E-state index contributed by atoms with van der Waals surface area (Å²) in [5.74, 6) is -1.49. The van der Waals surface area contributed by atoms with Crippen LogP contribution in [0.15, 0.2) is 35.5 Å². The number of amides is 1. The van der Waals surface area contributed by atoms with Crippen molar-refractivity contribution in [2.75, 3.05) is 0 Å². The predicted octanol–water partition coefficient (Wildman–Crippen LogP) is 1.68. The highest BCUT2D eigenvalue weighted by Gasteiger charge is 2.15. The number of carboxylic acids is 1. The molecule has 1 rings (SSSR count). The third-order valence-corrected chi connectivity index (χ3v) is 2.70. The van der Waals surface area contributed by atoms with Gasteiger partial charge in [0.2, 0.25) is 5.91 Å². The number of pyridine rings is 1. The molecule has 96 valence electrons. The molecule has 0 bridgehead atoms. The minimum Gasteiger partial charge on any atom is -0.478 e. The molecule has 0 aliphatic carbocycles. The van der Waals surface area contributed by atoms with E-state index in [1.165, 1.54) is 13.8 Å². The summed E-state index contributed by atoms with van der Waals surface area (Å²) in [6.07, 6.45) is 1.64. The normalized spacial score (nSPS) is 13.5. The van der Waals surface area contributed by atoms with Gasteiger partial charge in [0, 0.05) is 17.3 Å². The van der Waals surface area contributed by atoms with Gasteiger partial charge >= 0.3 is 5.97 Å². The number of nitrogens with one attached hydrogen (secondary N) is 1. The summed E-state index contributed by atoms with van der Waals surface area (Å²) in [5, 5.41) is 11.5. The zero-order valence-corrected chi connectivity index (χ0v) is 10.6. The summed E-state index contributed by atoms with van der Waals surface area (Å²) in [7, 11) is 0. The number of carboxylic acid groups (broad SMARTS) is 1. The van der Waals surface area contributed by atoms with Crippen LogP contribution in [0.25, 0.3) is 0 Å². The molecule has 0 spiro atoms. The zero-order valence-electron chi connectivity index (χ0n) is 10.6. The molecular weight excluding hydrogens is 232 g/mol. The van der Waals surface area contributed by atoms with Crippen LogP contribution in [-0.4, -0.2) is 22.0 Å². The number of carbonyl (C=O) groups is 2. The standard InChI is InChI=1S/C13H16N2O3/c1-8(9(2)13(17)18)12(16)15-10(3)11-6-4-5-7-14-11/h4-7,10H,1-3H3,(H,15,16)(H,17,18)/b9-8-/t10-/m1/s1. The summed E-state index contributed by atoms with van der Waals surface area (Å²) in [6.45, 7) is 4.69. The lowest BCUT2D eigenvalue weighted by molar-refractivity contribution is -0.133. The average molecular weight is 248 g/mol. The van der Waals surface area contributed by atoms with Gasteiger partial charge in [-0.1, -0.05) is 6.07 Å². The van der Waals surface area contributed by atoms with Crippen molar-refractivity contribution >= 4 is 11.9 Å². The van der Waals surface area contributed by atoms with E-state index in [9.17, 15) is 9.59 Å². The van der Waals surface area contributed by atoms with Crippen LogP contribution in [0.3, 0.4) is 0 Å². The Labute approximate surface area is 106 Å². The minimum absolute atomic E-state index is 0.0423. The molecule has 1 aromatic rings. The van der Waals surface area contributed by atoms with E-state index in [0.29, 0.717) is 0 Å². The van der Waals surface area contributed by atoms with Gasteiger partial charge in [-0.2, -0.15) is 0 Å². The van der Waals surface area contributed by atoms with Gasteiger partial charge in [0.25, 0.3) is 0 Å². The van der Waals surface area contributed by atoms with Crippen molar-refractivity contribution in [3.05, 3.63) is 41.2 Å². The van der Waals surface area contributed by atoms with Gasteiger partial charge in [0.1, 0.15) is 0 Å². The Kier molecular flexibility index (Phi) is 4.59. The fourth-order valence-electron chi connectivity index (χ4n) is 1.34. The molecule has 5 nitrogen and oxygen atoms in total. The summed E-state index contributed by atoms with van der Waals surface area (Å²) in [6, 6.07) is 5.15. The molecule has 1 heterocycles. The van der Waals surface area contributed by atoms with Gasteiger partial charge in [-0.3, -0.25) is 9.78 Å². The molecular formula is C13H16N2O3. The van der Waals surface area contributed by atoms with Crippen molar-refractivity contribution < 1.29 is 14.7 Å². The van der Waals surface area contributed by atoms with Crippen LogP contribution < -0.4 is 5.32 Å². The lowest BCUT2D eigenvalue weighted by Crippen LogP contribution is -2.28. The maximum atomic E-state index is 11.8. The lowest BCUT2D eigenvalue weighted by atomic mass is 10.1. The largest absolute Gasteiger partial charge is 0.478 e. The number of hydrogen-bond acceptors (Lipinski definition) is 3. The van der Waals surface area contributed by atoms with Crippen molar-refractivity contribution in [1.82, 2.24) is 10.3 Å². The fraction of sp³-hybridized carbons (Fsp3) is 0.308. The Morgan fingerprint density at radius 1 is 1.28 bits per heavy atom. The number of aliphatic carboxylic acids is 1. The first-order valence-electron chi connectivity index (χ1n) is 5.56. The molecule has 0 unspecified atom stereocenters. The minimum atomic E-state index is -1.09. The first-order valence-corrected chi connectivity index (χ1v) is 5.56. The summed E-state index contributed by atoms with van der Waals surface area (Å²) in [4.78, 5) is 26.7. The Morgan fingerprint density at radius 3 is 2.44 bits per heavy atom. The van der Waals surface area contributed by atoms with Crippen molar-refractivity contribution in [2.45, 2.75) is 26.8 Å². The van der Waals surface area contributed by atoms with E-state index in [-0.39, 0.29) is 17.2 Å². The third kappa shape index (κ3) is 3.41. The Morgan fingerprint density at radius 2 is 1.94 bits per heavy atom. The molecule has 18 heavy (non-hydrogen) atoms. The number of rotatable bonds is 4. The van der Waals surface area contributed by atoms with Crippen LogP contribution >= 0.6 is 0 Å². The van der Waals surface area contributed by atoms with Gasteiger partial charge in [0.05, 0.1) is 11.7 Å². The summed E-state index contributed by atoms with van der Waals surface area (Å²) in [5.41, 5.74) is 0.970. The van der Waals surface area contributed by atoms with Crippen LogP contribution in [0.2, 0.25) is 0 Å². The fourth-order valence-corrected chi connectivity index (χ4v) is 1.34. The van der Waals surface area contributed by atoms with Gasteiger partial charge in [-0.25, -0.2) is 4.79 Å². The molecule has 0 aliphatic heterocycles. The van der Waals surface area contributed by atoms with Crippen molar-refractivity contribution in [2.24, 2.45) is 0 Å². The zero-order chi connectivity index (χ0) is 13.7. The quantitative estimate of drug-likeness (QED) is 0.794. The van der Waals surface area contributed by atoms with E-state index < -0.39 is 11.9 Å². The van der Waals surface area contributed by atoms with Gasteiger partial charge in [-0.15, -0.1) is 0 Å². The molecule has 0 aliphatic rings. The van der Waals surface area contributed by atoms with E-state index >= 15 is 0 Å². The topological polar surface area (TPSA) is 79.3 Å². The maximum absolute atomic E-state index is 11.8. The molecule has 0 saturated carbocycles. The van der Waals surface area contributed by atoms with Crippen molar-refractivity contribution in [3.63, 3.8) is 0 Å². The van der Waals surface area contributed by atoms with Crippen molar-refractivity contribution in [3.8, 4) is 0 Å². The second-order valence-electron chi connectivity index (χ2n) is 4.00. The number of hydrogen-bond donors (Lipinski definition) is 2. The number of carbonyl (C=O) groups excluding carboxylic acids is 1. The molecule has 5 heteroatoms. The van der Waals surface area contributed by atoms with Crippen LogP contribution in [0.1, 0.15) is 32.5 Å². The smallest absolute Gasteiger partial charge is 0.331 e. The second kappa shape index (κ2) is 5.95. The van der Waals surface area contributed by atoms with Gasteiger partial charge in [0.15, 0.2) is 0 Å². The SMILES string of the molecule is C/C(C(=O)O)=C(\C)C(=O)N[C@H](C)c1ccccn1. The number of aromatic nitrogens is 1. The highest BCUT2D eigenvalue weighted by atomic mass is 16.4. The maximum Gasteiger partial charge on any atom is 0.331 e. The van der Waals surface area contributed by atoms with Crippen LogP contribution in [0.5, 0.6) is 0 Å². The molecule has 0 fully saturated rings. The first-order chi connectivity index (χ1) is 8.43. The summed E-state index contributed by atoms with van der Waals surface area (Å²) >= 11 is 0. The molecule has 0 radical (unpaired) electrons. The summed E-state index contributed by atoms with van der Waals surface area (Å²) < 4.78 is 0. The molecule has 0 saturated heterocycles. The third-order valence-electron chi connectivity index (χ3n) is 2.70. The van der Waals surface area contributed by atoms with E-state index in [1.54, 1.807) is 25.3 Å². The Balaban J connectivity index is 2.78. The van der Waals surface area contributed by atoms with Gasteiger partial charge < -0.3 is 10.4 Å². The predicted molar refractivity (Wildman–Crippen MR) is 66.8 cm³/mol. The highest BCUT2D eigenvalue weighted by molar-refractivity contribution is 6.01. The van der Waals surface area contributed by atoms with Crippen molar-refractivity contribution in [1.29, 1.82) is 0 Å². The first kappa shape index (κ1) is 13.9. The van der Waals surface area contributed by atoms with Gasteiger partial charge in [-0.05, 0) is 32.9 Å². The van der Waals surface area contributed by atoms with E-state index in [2.05, 4.69) is 10.3 Å². The Hall–Kier alpha value is -2.17. The molecule has 1 amide bonds. The lowest BCUT2D eigenvalue weighted by Gasteiger charge is -2.14.